The van der Waals surface area contributed by atoms with E-state index >= 15 is 0 Å². The number of hydrogen-bond donors (Lipinski definition) is 0. The van der Waals surface area contributed by atoms with Crippen LogP contribution in [0.1, 0.15) is 6.92 Å². The van der Waals surface area contributed by atoms with Crippen molar-refractivity contribution in [2.75, 3.05) is 41.0 Å². The summed E-state index contributed by atoms with van der Waals surface area (Å²) in [5.41, 5.74) is 0. The van der Waals surface area contributed by atoms with Gasteiger partial charge in [-0.1, -0.05) is 6.92 Å². The van der Waals surface area contributed by atoms with Gasteiger partial charge in [-0.15, -0.1) is 24.0 Å². The van der Waals surface area contributed by atoms with Crippen LogP contribution >= 0.6 is 35.7 Å². The van der Waals surface area contributed by atoms with Crippen molar-refractivity contribution in [2.24, 2.45) is 4.99 Å². The molecule has 0 bridgehead atoms. The van der Waals surface area contributed by atoms with Gasteiger partial charge < -0.3 is 9.80 Å². The smallest absolute Gasteiger partial charge is 0.195 e. The number of nitrogens with zero attached hydrogens (tertiary/aromatic N) is 3. The van der Waals surface area contributed by atoms with Gasteiger partial charge in [0.1, 0.15) is 0 Å². The lowest BCUT2D eigenvalue weighted by atomic mass is 10.5. The van der Waals surface area contributed by atoms with E-state index in [9.17, 15) is 0 Å². The number of aliphatic imine (C=N–C) groups is 1. The van der Waals surface area contributed by atoms with Crippen molar-refractivity contribution < 1.29 is 0 Å². The summed E-state index contributed by atoms with van der Waals surface area (Å²) >= 11 is 1.85. The third kappa shape index (κ3) is 6.75. The summed E-state index contributed by atoms with van der Waals surface area (Å²) in [6.07, 6.45) is 2.12. The van der Waals surface area contributed by atoms with Gasteiger partial charge in [-0.05, 0) is 6.26 Å². The number of rotatable bonds is 3. The Kier molecular flexibility index (Phi) is 10.4. The van der Waals surface area contributed by atoms with Gasteiger partial charge in [-0.25, -0.2) is 0 Å². The Labute approximate surface area is 109 Å². The average molecular weight is 331 g/mol. The minimum Gasteiger partial charge on any atom is -0.349 e. The van der Waals surface area contributed by atoms with Gasteiger partial charge in [-0.2, -0.15) is 11.8 Å². The fourth-order valence-corrected chi connectivity index (χ4v) is 1.19. The number of guanidine groups is 1. The fraction of sp³-hybridized carbons (Fsp3) is 0.889. The first-order valence-corrected chi connectivity index (χ1v) is 5.69. The van der Waals surface area contributed by atoms with Crippen molar-refractivity contribution in [3.63, 3.8) is 0 Å². The molecule has 14 heavy (non-hydrogen) atoms. The second kappa shape index (κ2) is 8.64. The standard InChI is InChI=1S/C9H21N3S.HI/c1-8(13-6)7-10-9(11(2)3)12(4)5;/h8H,7H2,1-6H3;1H. The van der Waals surface area contributed by atoms with Crippen LogP contribution in [0.15, 0.2) is 4.99 Å². The van der Waals surface area contributed by atoms with Gasteiger partial charge in [0, 0.05) is 33.4 Å². The Balaban J connectivity index is 0. The minimum absolute atomic E-state index is 0. The molecule has 0 aliphatic heterocycles. The molecule has 0 rings (SSSR count). The highest BCUT2D eigenvalue weighted by molar-refractivity contribution is 14.0. The van der Waals surface area contributed by atoms with Crippen LogP contribution in [0.3, 0.4) is 0 Å². The van der Waals surface area contributed by atoms with Crippen molar-refractivity contribution in [3.05, 3.63) is 0 Å². The summed E-state index contributed by atoms with van der Waals surface area (Å²) in [4.78, 5) is 8.61. The molecule has 0 radical (unpaired) electrons. The maximum atomic E-state index is 4.54. The molecule has 0 spiro atoms. The largest absolute Gasteiger partial charge is 0.349 e. The van der Waals surface area contributed by atoms with Gasteiger partial charge in [0.2, 0.25) is 0 Å². The van der Waals surface area contributed by atoms with Crippen LogP contribution in [-0.2, 0) is 0 Å². The van der Waals surface area contributed by atoms with Gasteiger partial charge in [0.15, 0.2) is 5.96 Å². The topological polar surface area (TPSA) is 18.8 Å². The van der Waals surface area contributed by atoms with Crippen LogP contribution in [0.4, 0.5) is 0 Å². The summed E-state index contributed by atoms with van der Waals surface area (Å²) in [6.45, 7) is 3.07. The highest BCUT2D eigenvalue weighted by atomic mass is 127. The van der Waals surface area contributed by atoms with E-state index in [4.69, 9.17) is 0 Å². The van der Waals surface area contributed by atoms with Crippen molar-refractivity contribution >= 4 is 41.7 Å². The van der Waals surface area contributed by atoms with Crippen molar-refractivity contribution in [1.82, 2.24) is 9.80 Å². The average Bonchev–Trinajstić information content (AvgIpc) is 2.03. The van der Waals surface area contributed by atoms with E-state index in [-0.39, 0.29) is 24.0 Å². The molecule has 0 aliphatic rings. The van der Waals surface area contributed by atoms with Crippen molar-refractivity contribution in [1.29, 1.82) is 0 Å². The van der Waals surface area contributed by atoms with Crippen LogP contribution in [0.5, 0.6) is 0 Å². The Morgan fingerprint density at radius 3 is 1.93 bits per heavy atom. The van der Waals surface area contributed by atoms with Crippen LogP contribution in [0.25, 0.3) is 0 Å². The Bertz CT molecular complexity index is 161. The number of halogens is 1. The monoisotopic (exact) mass is 331 g/mol. The van der Waals surface area contributed by atoms with Crippen LogP contribution in [0, 0.1) is 0 Å². The molecular formula is C9H22IN3S. The van der Waals surface area contributed by atoms with Gasteiger partial charge in [0.05, 0.1) is 6.54 Å². The van der Waals surface area contributed by atoms with Gasteiger partial charge in [-0.3, -0.25) is 4.99 Å². The van der Waals surface area contributed by atoms with Crippen LogP contribution < -0.4 is 0 Å². The van der Waals surface area contributed by atoms with E-state index in [1.54, 1.807) is 0 Å². The summed E-state index contributed by atoms with van der Waals surface area (Å²) in [7, 11) is 8.07. The lowest BCUT2D eigenvalue weighted by molar-refractivity contribution is 0.479. The van der Waals surface area contributed by atoms with Crippen molar-refractivity contribution in [2.45, 2.75) is 12.2 Å². The molecule has 0 amide bonds. The predicted octanol–water partition coefficient (Wildman–Crippen LogP) is 1.84. The second-order valence-corrected chi connectivity index (χ2v) is 4.75. The second-order valence-electron chi connectivity index (χ2n) is 3.48. The first-order chi connectivity index (χ1) is 5.99. The molecule has 0 saturated carbocycles. The normalized spacial score (nSPS) is 11.3. The summed E-state index contributed by atoms with van der Waals surface area (Å²) < 4.78 is 0. The lowest BCUT2D eigenvalue weighted by Crippen LogP contribution is -2.35. The first kappa shape index (κ1) is 16.8. The zero-order valence-corrected chi connectivity index (χ0v) is 13.1. The summed E-state index contributed by atoms with van der Waals surface area (Å²) in [5.74, 6) is 1.03. The molecule has 0 N–H and O–H groups in total. The SMILES string of the molecule is CSC(C)CN=C(N(C)C)N(C)C.I. The fourth-order valence-electron chi connectivity index (χ4n) is 0.968. The molecule has 0 aromatic carbocycles. The Hall–Kier alpha value is 0.350. The molecule has 0 saturated heterocycles. The van der Waals surface area contributed by atoms with Gasteiger partial charge >= 0.3 is 0 Å². The molecule has 0 aromatic rings. The molecule has 1 atom stereocenters. The summed E-state index contributed by atoms with van der Waals surface area (Å²) in [5, 5.41) is 0.592. The zero-order valence-electron chi connectivity index (χ0n) is 9.94. The maximum absolute atomic E-state index is 4.54. The molecule has 0 heterocycles. The molecule has 1 unspecified atom stereocenters. The van der Waals surface area contributed by atoms with E-state index in [1.807, 2.05) is 49.8 Å². The van der Waals surface area contributed by atoms with E-state index in [1.165, 1.54) is 0 Å². The Morgan fingerprint density at radius 1 is 1.21 bits per heavy atom. The van der Waals surface area contributed by atoms with E-state index in [0.29, 0.717) is 5.25 Å². The molecule has 0 aromatic heterocycles. The zero-order chi connectivity index (χ0) is 10.4. The van der Waals surface area contributed by atoms with Crippen molar-refractivity contribution in [3.8, 4) is 0 Å². The molecule has 86 valence electrons. The van der Waals surface area contributed by atoms with Crippen LogP contribution in [-0.4, -0.2) is 62.0 Å². The third-order valence-corrected chi connectivity index (χ3v) is 2.65. The molecule has 3 nitrogen and oxygen atoms in total. The Morgan fingerprint density at radius 2 is 1.64 bits per heavy atom. The number of hydrogen-bond acceptors (Lipinski definition) is 2. The number of thioether (sulfide) groups is 1. The van der Waals surface area contributed by atoms with Crippen LogP contribution in [0.2, 0.25) is 0 Å². The highest BCUT2D eigenvalue weighted by Gasteiger charge is 2.04. The highest BCUT2D eigenvalue weighted by Crippen LogP contribution is 2.05. The molecular weight excluding hydrogens is 309 g/mol. The summed E-state index contributed by atoms with van der Waals surface area (Å²) in [6, 6.07) is 0. The van der Waals surface area contributed by atoms with Gasteiger partial charge in [0.25, 0.3) is 0 Å². The lowest BCUT2D eigenvalue weighted by Gasteiger charge is -2.23. The quantitative estimate of drug-likeness (QED) is 0.447. The maximum Gasteiger partial charge on any atom is 0.195 e. The van der Waals surface area contributed by atoms with E-state index < -0.39 is 0 Å². The third-order valence-electron chi connectivity index (χ3n) is 1.69. The molecule has 5 heteroatoms. The first-order valence-electron chi connectivity index (χ1n) is 4.41. The minimum atomic E-state index is 0. The predicted molar refractivity (Wildman–Crippen MR) is 78.1 cm³/mol. The van der Waals surface area contributed by atoms with E-state index in [0.717, 1.165) is 12.5 Å². The molecule has 0 aliphatic carbocycles. The van der Waals surface area contributed by atoms with E-state index in [2.05, 4.69) is 18.2 Å². The molecule has 0 fully saturated rings.